The van der Waals surface area contributed by atoms with Crippen molar-refractivity contribution in [3.05, 3.63) is 34.3 Å². The van der Waals surface area contributed by atoms with Crippen molar-refractivity contribution in [3.8, 4) is 0 Å². The summed E-state index contributed by atoms with van der Waals surface area (Å²) in [6, 6.07) is 3.86. The number of alkyl halides is 3. The highest BCUT2D eigenvalue weighted by Crippen LogP contribution is 2.26. The van der Waals surface area contributed by atoms with E-state index in [9.17, 15) is 18.0 Å². The first kappa shape index (κ1) is 11.0. The number of hydrogen-bond acceptors (Lipinski definition) is 1. The molecule has 0 spiro atoms. The topological polar surface area (TPSA) is 17.1 Å². The van der Waals surface area contributed by atoms with Crippen LogP contribution in [0.4, 0.5) is 13.2 Å². The maximum Gasteiger partial charge on any atom is 0.454 e. The third-order valence-electron chi connectivity index (χ3n) is 1.77. The standard InChI is InChI=1S/C9H6ClF3O/c1-5-6(3-2-4-7(5)10)8(14)9(11,12)13/h2-4H,1H3. The molecule has 0 N–H and O–H groups in total. The molecule has 0 fully saturated rings. The fourth-order valence-electron chi connectivity index (χ4n) is 1.01. The van der Waals surface area contributed by atoms with E-state index >= 15 is 0 Å². The summed E-state index contributed by atoms with van der Waals surface area (Å²) in [7, 11) is 0. The van der Waals surface area contributed by atoms with Gasteiger partial charge in [-0.15, -0.1) is 0 Å². The number of carbonyl (C=O) groups is 1. The van der Waals surface area contributed by atoms with Gasteiger partial charge in [0.1, 0.15) is 0 Å². The molecule has 1 aromatic rings. The molecule has 0 bridgehead atoms. The van der Waals surface area contributed by atoms with Crippen LogP contribution in [0.5, 0.6) is 0 Å². The first-order valence-electron chi connectivity index (χ1n) is 3.70. The minimum Gasteiger partial charge on any atom is -0.284 e. The summed E-state index contributed by atoms with van der Waals surface area (Å²) in [5, 5.41) is 0.153. The number of hydrogen-bond donors (Lipinski definition) is 0. The summed E-state index contributed by atoms with van der Waals surface area (Å²) in [4.78, 5) is 10.9. The highest BCUT2D eigenvalue weighted by molar-refractivity contribution is 6.31. The lowest BCUT2D eigenvalue weighted by atomic mass is 10.0. The van der Waals surface area contributed by atoms with Crippen LogP contribution in [0, 0.1) is 6.92 Å². The first-order valence-corrected chi connectivity index (χ1v) is 4.08. The summed E-state index contributed by atoms with van der Waals surface area (Å²) in [6.45, 7) is 1.38. The molecule has 0 unspecified atom stereocenters. The summed E-state index contributed by atoms with van der Waals surface area (Å²) >= 11 is 5.59. The molecule has 76 valence electrons. The van der Waals surface area contributed by atoms with Crippen LogP contribution < -0.4 is 0 Å². The zero-order chi connectivity index (χ0) is 10.9. The molecule has 0 aromatic heterocycles. The van der Waals surface area contributed by atoms with Gasteiger partial charge in [-0.25, -0.2) is 0 Å². The van der Waals surface area contributed by atoms with Crippen molar-refractivity contribution in [3.63, 3.8) is 0 Å². The van der Waals surface area contributed by atoms with E-state index in [0.717, 1.165) is 6.07 Å². The number of benzene rings is 1. The second kappa shape index (κ2) is 3.61. The Bertz CT molecular complexity index is 371. The zero-order valence-corrected chi connectivity index (χ0v) is 7.91. The molecule has 0 heterocycles. The fraction of sp³-hybridized carbons (Fsp3) is 0.222. The van der Waals surface area contributed by atoms with Crippen molar-refractivity contribution in [2.75, 3.05) is 0 Å². The van der Waals surface area contributed by atoms with E-state index in [1.54, 1.807) is 0 Å². The van der Waals surface area contributed by atoms with E-state index < -0.39 is 17.5 Å². The van der Waals surface area contributed by atoms with Gasteiger partial charge in [0.05, 0.1) is 0 Å². The Labute approximate surface area is 83.5 Å². The smallest absolute Gasteiger partial charge is 0.284 e. The largest absolute Gasteiger partial charge is 0.454 e. The summed E-state index contributed by atoms with van der Waals surface area (Å²) in [5.74, 6) is -1.86. The lowest BCUT2D eigenvalue weighted by Crippen LogP contribution is -2.23. The molecule has 0 aliphatic rings. The van der Waals surface area contributed by atoms with Crippen LogP contribution in [0.25, 0.3) is 0 Å². The van der Waals surface area contributed by atoms with E-state index in [4.69, 9.17) is 11.6 Å². The molecule has 1 nitrogen and oxygen atoms in total. The van der Waals surface area contributed by atoms with Gasteiger partial charge in [-0.3, -0.25) is 4.79 Å². The van der Waals surface area contributed by atoms with Gasteiger partial charge in [0.25, 0.3) is 5.78 Å². The molecule has 14 heavy (non-hydrogen) atoms. The average molecular weight is 223 g/mol. The number of rotatable bonds is 1. The third kappa shape index (κ3) is 2.07. The molecule has 1 aromatic carbocycles. The molecule has 1 rings (SSSR count). The molecule has 0 radical (unpaired) electrons. The Morgan fingerprint density at radius 3 is 2.43 bits per heavy atom. The Hall–Kier alpha value is -1.03. The van der Waals surface area contributed by atoms with E-state index in [2.05, 4.69) is 0 Å². The molecule has 0 amide bonds. The fourth-order valence-corrected chi connectivity index (χ4v) is 1.18. The predicted molar refractivity (Wildman–Crippen MR) is 46.6 cm³/mol. The van der Waals surface area contributed by atoms with Crippen LogP contribution in [0.3, 0.4) is 0 Å². The van der Waals surface area contributed by atoms with Crippen LogP contribution in [0.2, 0.25) is 5.02 Å². The van der Waals surface area contributed by atoms with Gasteiger partial charge in [-0.1, -0.05) is 23.7 Å². The van der Waals surface area contributed by atoms with Gasteiger partial charge in [0.2, 0.25) is 0 Å². The Balaban J connectivity index is 3.21. The molecule has 0 saturated carbocycles. The van der Waals surface area contributed by atoms with Crippen molar-refractivity contribution in [1.29, 1.82) is 0 Å². The molecule has 0 saturated heterocycles. The Morgan fingerprint density at radius 2 is 1.93 bits per heavy atom. The molecular formula is C9H6ClF3O. The molecular weight excluding hydrogens is 217 g/mol. The SMILES string of the molecule is Cc1c(Cl)cccc1C(=O)C(F)(F)F. The summed E-state index contributed by atoms with van der Waals surface area (Å²) in [5.41, 5.74) is -0.249. The van der Waals surface area contributed by atoms with Gasteiger partial charge < -0.3 is 0 Å². The van der Waals surface area contributed by atoms with Gasteiger partial charge >= 0.3 is 6.18 Å². The van der Waals surface area contributed by atoms with E-state index in [1.165, 1.54) is 19.1 Å². The van der Waals surface area contributed by atoms with E-state index in [0.29, 0.717) is 0 Å². The van der Waals surface area contributed by atoms with E-state index in [-0.39, 0.29) is 10.6 Å². The number of halogens is 4. The van der Waals surface area contributed by atoms with Crippen LogP contribution in [0.15, 0.2) is 18.2 Å². The zero-order valence-electron chi connectivity index (χ0n) is 7.15. The minimum atomic E-state index is -4.85. The number of carbonyl (C=O) groups excluding carboxylic acids is 1. The minimum absolute atomic E-state index is 0.150. The van der Waals surface area contributed by atoms with Crippen LogP contribution >= 0.6 is 11.6 Å². The molecule has 0 atom stereocenters. The van der Waals surface area contributed by atoms with Gasteiger partial charge in [0, 0.05) is 10.6 Å². The van der Waals surface area contributed by atoms with Gasteiger partial charge in [0.15, 0.2) is 0 Å². The third-order valence-corrected chi connectivity index (χ3v) is 2.18. The van der Waals surface area contributed by atoms with Crippen LogP contribution in [-0.2, 0) is 0 Å². The Morgan fingerprint density at radius 1 is 1.36 bits per heavy atom. The second-order valence-corrected chi connectivity index (χ2v) is 3.15. The monoisotopic (exact) mass is 222 g/mol. The number of ketones is 1. The van der Waals surface area contributed by atoms with Crippen LogP contribution in [-0.4, -0.2) is 12.0 Å². The van der Waals surface area contributed by atoms with Crippen molar-refractivity contribution in [2.45, 2.75) is 13.1 Å². The van der Waals surface area contributed by atoms with Crippen molar-refractivity contribution in [1.82, 2.24) is 0 Å². The van der Waals surface area contributed by atoms with Gasteiger partial charge in [-0.05, 0) is 18.6 Å². The molecule has 5 heteroatoms. The maximum absolute atomic E-state index is 12.1. The maximum atomic E-state index is 12.1. The van der Waals surface area contributed by atoms with Crippen LogP contribution in [0.1, 0.15) is 15.9 Å². The average Bonchev–Trinajstić information content (AvgIpc) is 2.07. The first-order chi connectivity index (χ1) is 6.34. The predicted octanol–water partition coefficient (Wildman–Crippen LogP) is 3.39. The van der Waals surface area contributed by atoms with E-state index in [1.807, 2.05) is 0 Å². The lowest BCUT2D eigenvalue weighted by molar-refractivity contribution is -0.0885. The molecule has 0 aliphatic carbocycles. The number of Topliss-reactive ketones (excluding diaryl/α,β-unsaturated/α-hetero) is 1. The van der Waals surface area contributed by atoms with Crippen molar-refractivity contribution in [2.24, 2.45) is 0 Å². The van der Waals surface area contributed by atoms with Crippen molar-refractivity contribution >= 4 is 17.4 Å². The van der Waals surface area contributed by atoms with Crippen molar-refractivity contribution < 1.29 is 18.0 Å². The Kier molecular flexibility index (Phi) is 2.85. The summed E-state index contributed by atoms with van der Waals surface area (Å²) in [6.07, 6.45) is -4.85. The quantitative estimate of drug-likeness (QED) is 0.666. The highest BCUT2D eigenvalue weighted by atomic mass is 35.5. The second-order valence-electron chi connectivity index (χ2n) is 2.74. The summed E-state index contributed by atoms with van der Waals surface area (Å²) < 4.78 is 36.2. The highest BCUT2D eigenvalue weighted by Gasteiger charge is 2.40. The lowest BCUT2D eigenvalue weighted by Gasteiger charge is -2.08. The normalized spacial score (nSPS) is 11.5. The molecule has 0 aliphatic heterocycles. The van der Waals surface area contributed by atoms with Gasteiger partial charge in [-0.2, -0.15) is 13.2 Å².